The molecule has 0 amide bonds. The van der Waals surface area contributed by atoms with Crippen molar-refractivity contribution in [2.75, 3.05) is 0 Å². The number of aryl methyl sites for hydroxylation is 1. The fourth-order valence-electron chi connectivity index (χ4n) is 2.37. The van der Waals surface area contributed by atoms with E-state index in [1.165, 1.54) is 11.3 Å². The smallest absolute Gasteiger partial charge is 0.323 e. The highest BCUT2D eigenvalue weighted by Crippen LogP contribution is 2.29. The van der Waals surface area contributed by atoms with Crippen LogP contribution < -0.4 is 5.56 Å². The third-order valence-corrected chi connectivity index (χ3v) is 4.96. The van der Waals surface area contributed by atoms with Crippen LogP contribution in [0, 0.1) is 0 Å². The van der Waals surface area contributed by atoms with E-state index in [1.807, 2.05) is 6.92 Å². The molecule has 7 heteroatoms. The zero-order valence-electron chi connectivity index (χ0n) is 12.2. The lowest BCUT2D eigenvalue weighted by molar-refractivity contribution is -0.137. The summed E-state index contributed by atoms with van der Waals surface area (Å²) >= 11 is 7.64. The molecule has 0 unspecified atom stereocenters. The summed E-state index contributed by atoms with van der Waals surface area (Å²) in [5.41, 5.74) is 0.184. The monoisotopic (exact) mass is 348 g/mol. The summed E-state index contributed by atoms with van der Waals surface area (Å²) in [4.78, 5) is 30.0. The number of halogens is 1. The van der Waals surface area contributed by atoms with Crippen LogP contribution in [0.15, 0.2) is 35.1 Å². The van der Waals surface area contributed by atoms with Gasteiger partial charge in [0, 0.05) is 10.4 Å². The SMILES string of the molecule is CCc1cc2c(=O)n(CC(=O)O)c(-c3ccccc3Cl)nc2s1. The Morgan fingerprint density at radius 2 is 2.13 bits per heavy atom. The molecule has 118 valence electrons. The van der Waals surface area contributed by atoms with E-state index in [9.17, 15) is 9.59 Å². The molecule has 0 atom stereocenters. The van der Waals surface area contributed by atoms with Gasteiger partial charge in [0.25, 0.3) is 5.56 Å². The summed E-state index contributed by atoms with van der Waals surface area (Å²) < 4.78 is 1.16. The van der Waals surface area contributed by atoms with Crippen LogP contribution in [0.25, 0.3) is 21.6 Å². The molecule has 0 aliphatic heterocycles. The molecule has 23 heavy (non-hydrogen) atoms. The Morgan fingerprint density at radius 3 is 2.78 bits per heavy atom. The zero-order chi connectivity index (χ0) is 16.6. The van der Waals surface area contributed by atoms with E-state index in [2.05, 4.69) is 4.98 Å². The highest BCUT2D eigenvalue weighted by molar-refractivity contribution is 7.18. The molecule has 5 nitrogen and oxygen atoms in total. The van der Waals surface area contributed by atoms with E-state index in [0.717, 1.165) is 15.9 Å². The van der Waals surface area contributed by atoms with Gasteiger partial charge in [0.15, 0.2) is 0 Å². The first kappa shape index (κ1) is 15.7. The highest BCUT2D eigenvalue weighted by Gasteiger charge is 2.18. The number of nitrogens with zero attached hydrogens (tertiary/aromatic N) is 2. The van der Waals surface area contributed by atoms with Crippen molar-refractivity contribution in [3.05, 3.63) is 50.6 Å². The molecular weight excluding hydrogens is 336 g/mol. The van der Waals surface area contributed by atoms with Crippen LogP contribution in [0.1, 0.15) is 11.8 Å². The average molecular weight is 349 g/mol. The van der Waals surface area contributed by atoms with Crippen molar-refractivity contribution in [3.63, 3.8) is 0 Å². The molecule has 0 fully saturated rings. The number of hydrogen-bond donors (Lipinski definition) is 1. The molecule has 0 spiro atoms. The minimum atomic E-state index is -1.10. The summed E-state index contributed by atoms with van der Waals surface area (Å²) in [5, 5.41) is 10.0. The van der Waals surface area contributed by atoms with Gasteiger partial charge in [0.05, 0.1) is 10.4 Å². The third kappa shape index (κ3) is 2.87. The van der Waals surface area contributed by atoms with Crippen LogP contribution in [0.3, 0.4) is 0 Å². The van der Waals surface area contributed by atoms with Gasteiger partial charge >= 0.3 is 5.97 Å². The Balaban J connectivity index is 2.36. The maximum Gasteiger partial charge on any atom is 0.323 e. The first-order chi connectivity index (χ1) is 11.0. The predicted octanol–water partition coefficient (Wildman–Crippen LogP) is 3.43. The van der Waals surface area contributed by atoms with E-state index >= 15 is 0 Å². The highest BCUT2D eigenvalue weighted by atomic mass is 35.5. The Labute approximate surface area is 140 Å². The lowest BCUT2D eigenvalue weighted by Gasteiger charge is -2.11. The lowest BCUT2D eigenvalue weighted by Crippen LogP contribution is -2.26. The molecule has 2 heterocycles. The summed E-state index contributed by atoms with van der Waals surface area (Å²) in [7, 11) is 0. The van der Waals surface area contributed by atoms with E-state index in [1.54, 1.807) is 30.3 Å². The lowest BCUT2D eigenvalue weighted by atomic mass is 10.2. The quantitative estimate of drug-likeness (QED) is 0.784. The number of aromatic nitrogens is 2. The Kier molecular flexibility index (Phi) is 4.19. The molecule has 0 aliphatic carbocycles. The molecule has 0 radical (unpaired) electrons. The Bertz CT molecular complexity index is 962. The van der Waals surface area contributed by atoms with Gasteiger partial charge in [-0.1, -0.05) is 30.7 Å². The second-order valence-corrected chi connectivity index (χ2v) is 6.51. The largest absolute Gasteiger partial charge is 0.480 e. The molecule has 1 aromatic carbocycles. The van der Waals surface area contributed by atoms with Crippen LogP contribution in [0.4, 0.5) is 0 Å². The molecule has 0 saturated heterocycles. The van der Waals surface area contributed by atoms with E-state index < -0.39 is 12.5 Å². The molecular formula is C16H13ClN2O3S. The molecule has 0 bridgehead atoms. The fourth-order valence-corrected chi connectivity index (χ4v) is 3.55. The standard InChI is InChI=1S/C16H13ClN2O3S/c1-2-9-7-11-15(23-9)18-14(10-5-3-4-6-12(10)17)19(16(11)22)8-13(20)21/h3-7H,2,8H2,1H3,(H,20,21). The predicted molar refractivity (Wildman–Crippen MR) is 91.3 cm³/mol. The van der Waals surface area contributed by atoms with Crippen molar-refractivity contribution in [2.24, 2.45) is 0 Å². The maximum atomic E-state index is 12.7. The van der Waals surface area contributed by atoms with Gasteiger partial charge in [-0.3, -0.25) is 14.2 Å². The minimum Gasteiger partial charge on any atom is -0.480 e. The molecule has 0 aliphatic rings. The van der Waals surface area contributed by atoms with Crippen LogP contribution >= 0.6 is 22.9 Å². The normalized spacial score (nSPS) is 11.0. The van der Waals surface area contributed by atoms with Gasteiger partial charge in [-0.05, 0) is 24.6 Å². The zero-order valence-corrected chi connectivity index (χ0v) is 13.8. The molecule has 3 rings (SSSR count). The second-order valence-electron chi connectivity index (χ2n) is 4.99. The number of carboxylic acid groups (broad SMARTS) is 1. The number of hydrogen-bond acceptors (Lipinski definition) is 4. The van der Waals surface area contributed by atoms with Gasteiger partial charge in [0.1, 0.15) is 17.2 Å². The van der Waals surface area contributed by atoms with Crippen molar-refractivity contribution in [1.82, 2.24) is 9.55 Å². The van der Waals surface area contributed by atoms with Crippen LogP contribution in [0.5, 0.6) is 0 Å². The van der Waals surface area contributed by atoms with E-state index in [4.69, 9.17) is 16.7 Å². The topological polar surface area (TPSA) is 72.2 Å². The van der Waals surface area contributed by atoms with Gasteiger partial charge in [-0.15, -0.1) is 11.3 Å². The summed E-state index contributed by atoms with van der Waals surface area (Å²) in [6, 6.07) is 8.73. The number of aliphatic carboxylic acids is 1. The van der Waals surface area contributed by atoms with E-state index in [0.29, 0.717) is 20.8 Å². The number of fused-ring (bicyclic) bond motifs is 1. The van der Waals surface area contributed by atoms with Gasteiger partial charge in [-0.2, -0.15) is 0 Å². The van der Waals surface area contributed by atoms with Crippen molar-refractivity contribution >= 4 is 39.1 Å². The first-order valence-corrected chi connectivity index (χ1v) is 8.20. The van der Waals surface area contributed by atoms with Crippen molar-refractivity contribution in [2.45, 2.75) is 19.9 Å². The van der Waals surface area contributed by atoms with Gasteiger partial charge < -0.3 is 5.11 Å². The average Bonchev–Trinajstić information content (AvgIpc) is 2.94. The molecule has 3 aromatic rings. The number of rotatable bonds is 4. The number of carbonyl (C=O) groups is 1. The summed E-state index contributed by atoms with van der Waals surface area (Å²) in [6.45, 7) is 1.54. The Hall–Kier alpha value is -2.18. The fraction of sp³-hybridized carbons (Fsp3) is 0.188. The summed E-state index contributed by atoms with van der Waals surface area (Å²) in [5.74, 6) is -0.826. The molecule has 2 aromatic heterocycles. The van der Waals surface area contributed by atoms with Crippen LogP contribution in [0.2, 0.25) is 5.02 Å². The van der Waals surface area contributed by atoms with Gasteiger partial charge in [-0.25, -0.2) is 4.98 Å². The molecule has 0 saturated carbocycles. The number of thiophene rings is 1. The van der Waals surface area contributed by atoms with Crippen molar-refractivity contribution < 1.29 is 9.90 Å². The summed E-state index contributed by atoms with van der Waals surface area (Å²) in [6.07, 6.45) is 0.792. The number of benzene rings is 1. The van der Waals surface area contributed by atoms with E-state index in [-0.39, 0.29) is 11.4 Å². The third-order valence-electron chi connectivity index (χ3n) is 3.46. The molecule has 1 N–H and O–H groups in total. The van der Waals surface area contributed by atoms with Gasteiger partial charge in [0.2, 0.25) is 0 Å². The minimum absolute atomic E-state index is 0.278. The van der Waals surface area contributed by atoms with Crippen LogP contribution in [-0.4, -0.2) is 20.6 Å². The van der Waals surface area contributed by atoms with Crippen LogP contribution in [-0.2, 0) is 17.8 Å². The second kappa shape index (κ2) is 6.14. The Morgan fingerprint density at radius 1 is 1.39 bits per heavy atom. The van der Waals surface area contributed by atoms with Crippen molar-refractivity contribution in [3.8, 4) is 11.4 Å². The first-order valence-electron chi connectivity index (χ1n) is 7.01. The maximum absolute atomic E-state index is 12.7. The van der Waals surface area contributed by atoms with Crippen molar-refractivity contribution in [1.29, 1.82) is 0 Å². The number of carboxylic acids is 1.